The zero-order valence-electron chi connectivity index (χ0n) is 12.9. The van der Waals surface area contributed by atoms with E-state index in [2.05, 4.69) is 15.5 Å². The molecule has 1 atom stereocenters. The van der Waals surface area contributed by atoms with Crippen LogP contribution in [-0.2, 0) is 4.79 Å². The summed E-state index contributed by atoms with van der Waals surface area (Å²) in [6.07, 6.45) is 0. The fourth-order valence-electron chi connectivity index (χ4n) is 1.74. The molecule has 118 valence electrons. The van der Waals surface area contributed by atoms with Gasteiger partial charge in [-0.15, -0.1) is 10.2 Å². The summed E-state index contributed by atoms with van der Waals surface area (Å²) in [5.41, 5.74) is 0.829. The molecule has 0 aliphatic heterocycles. The summed E-state index contributed by atoms with van der Waals surface area (Å²) in [7, 11) is 5.11. The lowest BCUT2D eigenvalue weighted by Gasteiger charge is -2.14. The molecule has 0 spiro atoms. The van der Waals surface area contributed by atoms with E-state index in [1.165, 1.54) is 23.1 Å². The van der Waals surface area contributed by atoms with Gasteiger partial charge in [-0.2, -0.15) is 0 Å². The highest BCUT2D eigenvalue weighted by Gasteiger charge is 2.18. The van der Waals surface area contributed by atoms with Gasteiger partial charge in [0.15, 0.2) is 4.34 Å². The normalized spacial score (nSPS) is 11.8. The Kier molecular flexibility index (Phi) is 5.62. The maximum absolute atomic E-state index is 11.9. The van der Waals surface area contributed by atoms with Crippen LogP contribution in [0.2, 0.25) is 0 Å². The van der Waals surface area contributed by atoms with Gasteiger partial charge in [-0.1, -0.05) is 35.2 Å². The van der Waals surface area contributed by atoms with Gasteiger partial charge < -0.3 is 15.0 Å². The Morgan fingerprint density at radius 3 is 2.77 bits per heavy atom. The quantitative estimate of drug-likeness (QED) is 0.817. The van der Waals surface area contributed by atoms with Crippen molar-refractivity contribution >= 4 is 39.8 Å². The Hall–Kier alpha value is -1.80. The third-order valence-electron chi connectivity index (χ3n) is 2.82. The van der Waals surface area contributed by atoms with Crippen LogP contribution < -0.4 is 10.1 Å². The van der Waals surface area contributed by atoms with Gasteiger partial charge >= 0.3 is 0 Å². The van der Waals surface area contributed by atoms with Gasteiger partial charge in [-0.05, 0) is 19.1 Å². The first kappa shape index (κ1) is 16.6. The van der Waals surface area contributed by atoms with Crippen molar-refractivity contribution in [2.75, 3.05) is 26.5 Å². The number of thioether (sulfide) groups is 1. The average molecular weight is 338 g/mol. The van der Waals surface area contributed by atoms with Crippen LogP contribution in [0.3, 0.4) is 0 Å². The van der Waals surface area contributed by atoms with Crippen molar-refractivity contribution in [3.05, 3.63) is 24.3 Å². The Balaban J connectivity index is 2.04. The highest BCUT2D eigenvalue weighted by Crippen LogP contribution is 2.33. The monoisotopic (exact) mass is 338 g/mol. The topological polar surface area (TPSA) is 67.3 Å². The molecule has 0 saturated carbocycles. The molecule has 1 aromatic heterocycles. The summed E-state index contributed by atoms with van der Waals surface area (Å²) < 4.78 is 6.04. The van der Waals surface area contributed by atoms with E-state index in [-0.39, 0.29) is 11.2 Å². The van der Waals surface area contributed by atoms with Crippen LogP contribution in [-0.4, -0.2) is 47.5 Å². The van der Waals surface area contributed by atoms with E-state index < -0.39 is 0 Å². The number of hydrogen-bond acceptors (Lipinski definition) is 7. The Labute approximate surface area is 137 Å². The third-order valence-corrected chi connectivity index (χ3v) is 4.83. The molecule has 1 aromatic carbocycles. The molecule has 1 heterocycles. The number of anilines is 2. The van der Waals surface area contributed by atoms with Crippen molar-refractivity contribution in [3.8, 4) is 5.75 Å². The van der Waals surface area contributed by atoms with Gasteiger partial charge in [0.05, 0.1) is 18.0 Å². The third kappa shape index (κ3) is 4.11. The fourth-order valence-corrected chi connectivity index (χ4v) is 3.79. The molecule has 1 unspecified atom stereocenters. The van der Waals surface area contributed by atoms with E-state index in [1.807, 2.05) is 31.2 Å². The Bertz CT molecular complexity index is 645. The number of benzene rings is 1. The number of hydrogen-bond donors (Lipinski definition) is 1. The van der Waals surface area contributed by atoms with Crippen molar-refractivity contribution < 1.29 is 9.53 Å². The summed E-state index contributed by atoms with van der Waals surface area (Å²) >= 11 is 2.81. The molecule has 22 heavy (non-hydrogen) atoms. The number of nitrogens with zero attached hydrogens (tertiary/aromatic N) is 3. The van der Waals surface area contributed by atoms with Crippen molar-refractivity contribution in [2.45, 2.75) is 16.5 Å². The molecule has 2 rings (SSSR count). The average Bonchev–Trinajstić information content (AvgIpc) is 2.93. The Morgan fingerprint density at radius 2 is 2.09 bits per heavy atom. The van der Waals surface area contributed by atoms with E-state index in [4.69, 9.17) is 4.74 Å². The molecule has 0 aliphatic rings. The molecule has 2 aromatic rings. The van der Waals surface area contributed by atoms with Crippen LogP contribution in [0.25, 0.3) is 0 Å². The van der Waals surface area contributed by atoms with Crippen LogP contribution in [0.15, 0.2) is 28.6 Å². The summed E-state index contributed by atoms with van der Waals surface area (Å²) in [4.78, 5) is 13.4. The van der Waals surface area contributed by atoms with Crippen LogP contribution in [0.5, 0.6) is 5.75 Å². The van der Waals surface area contributed by atoms with Crippen LogP contribution in [0, 0.1) is 0 Å². The second-order valence-corrected chi connectivity index (χ2v) is 7.26. The van der Waals surface area contributed by atoms with Crippen molar-refractivity contribution in [1.82, 2.24) is 15.1 Å². The van der Waals surface area contributed by atoms with Gasteiger partial charge in [-0.3, -0.25) is 4.79 Å². The fraction of sp³-hybridized carbons (Fsp3) is 0.357. The number of carbonyl (C=O) groups excluding carboxylic acids is 1. The first-order valence-electron chi connectivity index (χ1n) is 6.62. The number of ether oxygens (including phenoxy) is 1. The minimum atomic E-state index is -0.193. The van der Waals surface area contributed by atoms with Gasteiger partial charge in [-0.25, -0.2) is 0 Å². The number of methoxy groups -OCH3 is 1. The molecule has 8 heteroatoms. The van der Waals surface area contributed by atoms with Gasteiger partial charge in [0, 0.05) is 14.1 Å². The molecule has 0 saturated heterocycles. The maximum atomic E-state index is 11.9. The lowest BCUT2D eigenvalue weighted by atomic mass is 10.3. The van der Waals surface area contributed by atoms with E-state index in [0.717, 1.165) is 15.8 Å². The number of amides is 1. The molecule has 0 fully saturated rings. The minimum Gasteiger partial charge on any atom is -0.495 e. The number of rotatable bonds is 6. The zero-order valence-corrected chi connectivity index (χ0v) is 14.5. The second-order valence-electron chi connectivity index (χ2n) is 4.69. The first-order valence-corrected chi connectivity index (χ1v) is 8.32. The van der Waals surface area contributed by atoms with Crippen molar-refractivity contribution in [2.24, 2.45) is 0 Å². The number of aromatic nitrogens is 2. The molecule has 6 nitrogen and oxygen atoms in total. The predicted molar refractivity (Wildman–Crippen MR) is 90.2 cm³/mol. The molecule has 0 radical (unpaired) electrons. The van der Waals surface area contributed by atoms with E-state index in [1.54, 1.807) is 26.1 Å². The molecule has 0 aliphatic carbocycles. The van der Waals surface area contributed by atoms with Gasteiger partial charge in [0.25, 0.3) is 0 Å². The summed E-state index contributed by atoms with van der Waals surface area (Å²) in [6, 6.07) is 7.60. The van der Waals surface area contributed by atoms with Crippen LogP contribution >= 0.6 is 23.1 Å². The molecule has 0 bridgehead atoms. The molecular formula is C14H18N4O2S2. The van der Waals surface area contributed by atoms with Gasteiger partial charge in [0.2, 0.25) is 11.0 Å². The first-order chi connectivity index (χ1) is 10.5. The lowest BCUT2D eigenvalue weighted by Crippen LogP contribution is -2.29. The largest absolute Gasteiger partial charge is 0.495 e. The van der Waals surface area contributed by atoms with Crippen molar-refractivity contribution in [3.63, 3.8) is 0 Å². The van der Waals surface area contributed by atoms with Crippen LogP contribution in [0.1, 0.15) is 6.92 Å². The molecule has 1 amide bonds. The SMILES string of the molecule is COc1ccccc1Nc1nnc(SC(C)C(=O)N(C)C)s1. The molecular weight excluding hydrogens is 320 g/mol. The number of para-hydroxylation sites is 2. The van der Waals surface area contributed by atoms with E-state index in [0.29, 0.717) is 5.13 Å². The molecule has 1 N–H and O–H groups in total. The smallest absolute Gasteiger partial charge is 0.235 e. The summed E-state index contributed by atoms with van der Waals surface area (Å²) in [5.74, 6) is 0.794. The maximum Gasteiger partial charge on any atom is 0.235 e. The number of carbonyl (C=O) groups is 1. The lowest BCUT2D eigenvalue weighted by molar-refractivity contribution is -0.127. The standard InChI is InChI=1S/C14H18N4O2S2/c1-9(12(19)18(2)3)21-14-17-16-13(22-14)15-10-7-5-6-8-11(10)20-4/h5-9H,1-4H3,(H,15,16). The van der Waals surface area contributed by atoms with Crippen LogP contribution in [0.4, 0.5) is 10.8 Å². The summed E-state index contributed by atoms with van der Waals surface area (Å²) in [6.45, 7) is 1.86. The van der Waals surface area contributed by atoms with Crippen molar-refractivity contribution in [1.29, 1.82) is 0 Å². The highest BCUT2D eigenvalue weighted by atomic mass is 32.2. The predicted octanol–water partition coefficient (Wildman–Crippen LogP) is 2.86. The zero-order chi connectivity index (χ0) is 16.1. The van der Waals surface area contributed by atoms with E-state index >= 15 is 0 Å². The second kappa shape index (κ2) is 7.46. The Morgan fingerprint density at radius 1 is 1.36 bits per heavy atom. The highest BCUT2D eigenvalue weighted by molar-refractivity contribution is 8.02. The summed E-state index contributed by atoms with van der Waals surface area (Å²) in [5, 5.41) is 11.9. The minimum absolute atomic E-state index is 0.0550. The van der Waals surface area contributed by atoms with Gasteiger partial charge in [0.1, 0.15) is 5.75 Å². The number of nitrogens with one attached hydrogen (secondary N) is 1. The van der Waals surface area contributed by atoms with E-state index in [9.17, 15) is 4.79 Å².